The van der Waals surface area contributed by atoms with Crippen LogP contribution in [0.2, 0.25) is 0 Å². The number of rotatable bonds is 5. The second kappa shape index (κ2) is 6.74. The van der Waals surface area contributed by atoms with Crippen molar-refractivity contribution in [2.24, 2.45) is 5.92 Å². The monoisotopic (exact) mass is 303 g/mol. The van der Waals surface area contributed by atoms with E-state index in [2.05, 4.69) is 24.8 Å². The Morgan fingerprint density at radius 3 is 2.86 bits per heavy atom. The lowest BCUT2D eigenvalue weighted by atomic mass is 9.91. The summed E-state index contributed by atoms with van der Waals surface area (Å²) in [6.45, 7) is 4.23. The van der Waals surface area contributed by atoms with Crippen molar-refractivity contribution < 1.29 is 9.84 Å². The molecule has 7 nitrogen and oxygen atoms in total. The Morgan fingerprint density at radius 1 is 1.36 bits per heavy atom. The Balaban J connectivity index is 1.60. The van der Waals surface area contributed by atoms with Crippen LogP contribution >= 0.6 is 0 Å². The molecule has 0 aromatic carbocycles. The molecular weight excluding hydrogens is 282 g/mol. The number of aromatic nitrogens is 4. The fourth-order valence-electron chi connectivity index (χ4n) is 2.84. The Morgan fingerprint density at radius 2 is 2.18 bits per heavy atom. The second-order valence-corrected chi connectivity index (χ2v) is 5.39. The summed E-state index contributed by atoms with van der Waals surface area (Å²) in [5.74, 6) is 2.35. The number of aliphatic hydroxyl groups is 1. The van der Waals surface area contributed by atoms with Crippen LogP contribution < -0.4 is 9.64 Å². The van der Waals surface area contributed by atoms with Crippen LogP contribution in [0.5, 0.6) is 5.88 Å². The van der Waals surface area contributed by atoms with Crippen LogP contribution in [0.1, 0.15) is 31.7 Å². The quantitative estimate of drug-likeness (QED) is 0.871. The molecule has 1 aliphatic heterocycles. The van der Waals surface area contributed by atoms with Gasteiger partial charge in [-0.2, -0.15) is 0 Å². The lowest BCUT2D eigenvalue weighted by molar-refractivity contribution is 0.0856. The lowest BCUT2D eigenvalue weighted by Gasteiger charge is -2.34. The van der Waals surface area contributed by atoms with Crippen molar-refractivity contribution in [1.82, 2.24) is 19.9 Å². The normalized spacial score (nSPS) is 17.5. The number of imidazole rings is 1. The van der Waals surface area contributed by atoms with Gasteiger partial charge in [0.15, 0.2) is 0 Å². The highest BCUT2D eigenvalue weighted by Gasteiger charge is 2.28. The predicted molar refractivity (Wildman–Crippen MR) is 81.7 cm³/mol. The number of aliphatic hydroxyl groups excluding tert-OH is 1. The number of aromatic amines is 1. The second-order valence-electron chi connectivity index (χ2n) is 5.39. The summed E-state index contributed by atoms with van der Waals surface area (Å²) in [4.78, 5) is 17.7. The Hall–Kier alpha value is -2.15. The summed E-state index contributed by atoms with van der Waals surface area (Å²) in [6.07, 6.45) is 6.21. The molecule has 2 aromatic heterocycles. The third-order valence-electron chi connectivity index (χ3n) is 4.03. The molecule has 0 radical (unpaired) electrons. The van der Waals surface area contributed by atoms with Gasteiger partial charge in [0, 0.05) is 31.5 Å². The highest BCUT2D eigenvalue weighted by atomic mass is 16.5. The number of nitrogens with zero attached hydrogens (tertiary/aromatic N) is 4. The number of piperidine rings is 1. The van der Waals surface area contributed by atoms with Crippen LogP contribution in [0.3, 0.4) is 0 Å². The van der Waals surface area contributed by atoms with Gasteiger partial charge in [-0.3, -0.25) is 0 Å². The molecule has 0 aliphatic carbocycles. The molecule has 1 fully saturated rings. The number of anilines is 1. The molecule has 2 N–H and O–H groups in total. The van der Waals surface area contributed by atoms with Gasteiger partial charge in [-0.15, -0.1) is 0 Å². The average Bonchev–Trinajstić information content (AvgIpc) is 3.09. The summed E-state index contributed by atoms with van der Waals surface area (Å²) < 4.78 is 5.42. The number of nitrogens with one attached hydrogen (secondary N) is 1. The van der Waals surface area contributed by atoms with Gasteiger partial charge < -0.3 is 19.7 Å². The zero-order valence-corrected chi connectivity index (χ0v) is 12.6. The van der Waals surface area contributed by atoms with Crippen molar-refractivity contribution in [2.75, 3.05) is 24.6 Å². The molecule has 3 rings (SSSR count). The van der Waals surface area contributed by atoms with Gasteiger partial charge in [-0.25, -0.2) is 15.0 Å². The van der Waals surface area contributed by atoms with Gasteiger partial charge >= 0.3 is 0 Å². The maximum absolute atomic E-state index is 10.3. The van der Waals surface area contributed by atoms with Gasteiger partial charge in [0.2, 0.25) is 5.88 Å². The van der Waals surface area contributed by atoms with Crippen LogP contribution in [0.4, 0.5) is 5.82 Å². The summed E-state index contributed by atoms with van der Waals surface area (Å²) in [5, 5.41) is 10.3. The average molecular weight is 303 g/mol. The first-order valence-corrected chi connectivity index (χ1v) is 7.65. The van der Waals surface area contributed by atoms with Crippen LogP contribution in [-0.2, 0) is 0 Å². The van der Waals surface area contributed by atoms with E-state index in [1.54, 1.807) is 12.4 Å². The van der Waals surface area contributed by atoms with Gasteiger partial charge in [-0.05, 0) is 25.7 Å². The van der Waals surface area contributed by atoms with Crippen molar-refractivity contribution in [1.29, 1.82) is 0 Å². The molecule has 1 saturated heterocycles. The van der Waals surface area contributed by atoms with Gasteiger partial charge in [-0.1, -0.05) is 0 Å². The van der Waals surface area contributed by atoms with Gasteiger partial charge in [0.05, 0.1) is 6.61 Å². The number of hydrogen-bond donors (Lipinski definition) is 2. The molecule has 0 saturated carbocycles. The summed E-state index contributed by atoms with van der Waals surface area (Å²) in [5.41, 5.74) is 0. The first-order chi connectivity index (χ1) is 10.8. The Kier molecular flexibility index (Phi) is 4.53. The molecule has 0 amide bonds. The molecule has 1 aliphatic rings. The first kappa shape index (κ1) is 14.8. The van der Waals surface area contributed by atoms with Crippen molar-refractivity contribution in [3.05, 3.63) is 30.6 Å². The fraction of sp³-hybridized carbons (Fsp3) is 0.533. The van der Waals surface area contributed by atoms with E-state index in [9.17, 15) is 5.11 Å². The summed E-state index contributed by atoms with van der Waals surface area (Å²) in [7, 11) is 0. The van der Waals surface area contributed by atoms with E-state index in [4.69, 9.17) is 4.74 Å². The minimum atomic E-state index is -0.526. The Labute approximate surface area is 129 Å². The van der Waals surface area contributed by atoms with E-state index in [1.165, 1.54) is 6.33 Å². The van der Waals surface area contributed by atoms with E-state index in [0.29, 0.717) is 18.3 Å². The van der Waals surface area contributed by atoms with Crippen LogP contribution in [-0.4, -0.2) is 44.7 Å². The van der Waals surface area contributed by atoms with E-state index >= 15 is 0 Å². The van der Waals surface area contributed by atoms with E-state index in [-0.39, 0.29) is 5.92 Å². The molecule has 7 heteroatoms. The number of ether oxygens (including phenoxy) is 1. The number of hydrogen-bond acceptors (Lipinski definition) is 6. The standard InChI is InChI=1S/C15H21N5O2/c1-2-22-13-9-12(18-10-19-13)20-7-3-11(4-8-20)14(21)15-16-5-6-17-15/h5-6,9-11,14,21H,2-4,7-8H2,1H3,(H,16,17). The van der Waals surface area contributed by atoms with E-state index in [0.717, 1.165) is 31.7 Å². The topological polar surface area (TPSA) is 87.2 Å². The first-order valence-electron chi connectivity index (χ1n) is 7.65. The number of H-pyrrole nitrogens is 1. The zero-order valence-electron chi connectivity index (χ0n) is 12.6. The van der Waals surface area contributed by atoms with E-state index in [1.807, 2.05) is 13.0 Å². The van der Waals surface area contributed by atoms with Crippen LogP contribution in [0.25, 0.3) is 0 Å². The molecule has 2 aromatic rings. The molecule has 1 unspecified atom stereocenters. The molecule has 0 spiro atoms. The molecule has 3 heterocycles. The SMILES string of the molecule is CCOc1cc(N2CCC(C(O)c3ncc[nH]3)CC2)ncn1. The van der Waals surface area contributed by atoms with Crippen molar-refractivity contribution in [3.8, 4) is 5.88 Å². The van der Waals surface area contributed by atoms with Crippen molar-refractivity contribution >= 4 is 5.82 Å². The minimum Gasteiger partial charge on any atom is -0.478 e. The minimum absolute atomic E-state index is 0.218. The van der Waals surface area contributed by atoms with Gasteiger partial charge in [0.1, 0.15) is 24.1 Å². The lowest BCUT2D eigenvalue weighted by Crippen LogP contribution is -2.36. The zero-order chi connectivity index (χ0) is 15.4. The van der Waals surface area contributed by atoms with Gasteiger partial charge in [0.25, 0.3) is 0 Å². The maximum Gasteiger partial charge on any atom is 0.218 e. The third-order valence-corrected chi connectivity index (χ3v) is 4.03. The molecule has 0 bridgehead atoms. The maximum atomic E-state index is 10.3. The third kappa shape index (κ3) is 3.19. The fourth-order valence-corrected chi connectivity index (χ4v) is 2.84. The highest BCUT2D eigenvalue weighted by molar-refractivity contribution is 5.41. The largest absolute Gasteiger partial charge is 0.478 e. The summed E-state index contributed by atoms with van der Waals surface area (Å²) >= 11 is 0. The molecule has 22 heavy (non-hydrogen) atoms. The van der Waals surface area contributed by atoms with Crippen molar-refractivity contribution in [3.63, 3.8) is 0 Å². The molecule has 1 atom stereocenters. The smallest absolute Gasteiger partial charge is 0.218 e. The predicted octanol–water partition coefficient (Wildman–Crippen LogP) is 1.55. The Bertz CT molecular complexity index is 581. The molecular formula is C15H21N5O2. The summed E-state index contributed by atoms with van der Waals surface area (Å²) in [6, 6.07) is 1.87. The van der Waals surface area contributed by atoms with Crippen LogP contribution in [0, 0.1) is 5.92 Å². The highest BCUT2D eigenvalue weighted by Crippen LogP contribution is 2.30. The van der Waals surface area contributed by atoms with Crippen molar-refractivity contribution in [2.45, 2.75) is 25.9 Å². The van der Waals surface area contributed by atoms with E-state index < -0.39 is 6.10 Å². The molecule has 118 valence electrons. The van der Waals surface area contributed by atoms with Crippen LogP contribution in [0.15, 0.2) is 24.8 Å².